The molecule has 0 spiro atoms. The Bertz CT molecular complexity index is 906. The number of sulfonamides is 1. The third kappa shape index (κ3) is 4.31. The van der Waals surface area contributed by atoms with E-state index >= 15 is 0 Å². The van der Waals surface area contributed by atoms with Gasteiger partial charge in [-0.25, -0.2) is 8.42 Å². The van der Waals surface area contributed by atoms with Gasteiger partial charge in [0.05, 0.1) is 16.1 Å². The van der Waals surface area contributed by atoms with Crippen molar-refractivity contribution in [3.63, 3.8) is 0 Å². The van der Waals surface area contributed by atoms with Crippen LogP contribution in [0.1, 0.15) is 29.6 Å². The lowest BCUT2D eigenvalue weighted by Crippen LogP contribution is -2.36. The molecule has 3 rings (SSSR count). The highest BCUT2D eigenvalue weighted by Gasteiger charge is 2.23. The van der Waals surface area contributed by atoms with Gasteiger partial charge in [-0.1, -0.05) is 35.3 Å². The fourth-order valence-corrected chi connectivity index (χ4v) is 4.72. The first-order valence-electron chi connectivity index (χ1n) is 8.24. The second-order valence-electron chi connectivity index (χ2n) is 6.11. The average Bonchev–Trinajstić information content (AvgIpc) is 2.61. The van der Waals surface area contributed by atoms with Crippen LogP contribution in [0.5, 0.6) is 0 Å². The number of nitrogens with one attached hydrogen (secondary N) is 1. The maximum atomic E-state index is 12.8. The summed E-state index contributed by atoms with van der Waals surface area (Å²) in [6.07, 6.45) is 3.02. The number of para-hydroxylation sites is 1. The smallest absolute Gasteiger partial charge is 0.262 e. The first-order valence-corrected chi connectivity index (χ1v) is 10.5. The molecule has 0 bridgehead atoms. The molecule has 0 unspecified atom stereocenters. The lowest BCUT2D eigenvalue weighted by molar-refractivity contribution is 0.0725. The largest absolute Gasteiger partial charge is 0.339 e. The number of nitrogens with zero attached hydrogens (tertiary/aromatic N) is 1. The van der Waals surface area contributed by atoms with Crippen LogP contribution >= 0.6 is 23.2 Å². The predicted octanol–water partition coefficient (Wildman–Crippen LogP) is 4.42. The number of amides is 1. The molecular weight excluding hydrogens is 395 g/mol. The summed E-state index contributed by atoms with van der Waals surface area (Å²) >= 11 is 11.8. The van der Waals surface area contributed by atoms with Gasteiger partial charge in [0.25, 0.3) is 15.9 Å². The van der Waals surface area contributed by atoms with Gasteiger partial charge in [0.1, 0.15) is 0 Å². The van der Waals surface area contributed by atoms with Gasteiger partial charge in [-0.3, -0.25) is 9.52 Å². The molecule has 0 atom stereocenters. The maximum absolute atomic E-state index is 12.8. The van der Waals surface area contributed by atoms with Crippen molar-refractivity contribution >= 4 is 44.8 Å². The zero-order valence-corrected chi connectivity index (χ0v) is 16.2. The van der Waals surface area contributed by atoms with E-state index in [-0.39, 0.29) is 26.5 Å². The van der Waals surface area contributed by atoms with E-state index < -0.39 is 10.0 Å². The molecule has 1 aliphatic rings. The van der Waals surface area contributed by atoms with Crippen LogP contribution < -0.4 is 4.72 Å². The molecule has 1 heterocycles. The summed E-state index contributed by atoms with van der Waals surface area (Å²) in [6.45, 7) is 1.37. The summed E-state index contributed by atoms with van der Waals surface area (Å²) < 4.78 is 27.9. The molecule has 0 radical (unpaired) electrons. The fourth-order valence-electron chi connectivity index (χ4n) is 2.91. The topological polar surface area (TPSA) is 66.5 Å². The lowest BCUT2D eigenvalue weighted by atomic mass is 10.1. The molecule has 2 aromatic rings. The van der Waals surface area contributed by atoms with Crippen LogP contribution in [-0.2, 0) is 10.0 Å². The number of piperidine rings is 1. The number of hydrogen-bond donors (Lipinski definition) is 1. The second kappa shape index (κ2) is 7.86. The van der Waals surface area contributed by atoms with Gasteiger partial charge in [0.15, 0.2) is 0 Å². The Morgan fingerprint density at radius 3 is 2.23 bits per heavy atom. The Labute approximate surface area is 163 Å². The van der Waals surface area contributed by atoms with Crippen LogP contribution in [0.4, 0.5) is 5.69 Å². The Morgan fingerprint density at radius 2 is 1.58 bits per heavy atom. The van der Waals surface area contributed by atoms with Crippen LogP contribution in [0, 0.1) is 0 Å². The highest BCUT2D eigenvalue weighted by molar-refractivity contribution is 7.92. The average molecular weight is 413 g/mol. The number of carbonyl (C=O) groups excluding carboxylic acids is 1. The number of rotatable bonds is 4. The summed E-state index contributed by atoms with van der Waals surface area (Å²) in [5.41, 5.74) is 0.560. The molecule has 5 nitrogen and oxygen atoms in total. The van der Waals surface area contributed by atoms with Crippen LogP contribution in [-0.4, -0.2) is 32.3 Å². The quantitative estimate of drug-likeness (QED) is 0.807. The third-order valence-corrected chi connectivity index (χ3v) is 5.97. The van der Waals surface area contributed by atoms with Gasteiger partial charge in [0.2, 0.25) is 0 Å². The number of halogens is 2. The van der Waals surface area contributed by atoms with Crippen LogP contribution in [0.3, 0.4) is 0 Å². The Hall–Kier alpha value is -1.76. The van der Waals surface area contributed by atoms with Gasteiger partial charge < -0.3 is 4.90 Å². The summed E-state index contributed by atoms with van der Waals surface area (Å²) in [6, 6.07) is 10.7. The van der Waals surface area contributed by atoms with Crippen molar-refractivity contribution in [1.29, 1.82) is 0 Å². The minimum Gasteiger partial charge on any atom is -0.339 e. The van der Waals surface area contributed by atoms with Gasteiger partial charge in [-0.15, -0.1) is 0 Å². The Kier molecular flexibility index (Phi) is 5.75. The van der Waals surface area contributed by atoms with Crippen molar-refractivity contribution in [2.45, 2.75) is 24.2 Å². The molecule has 1 aliphatic heterocycles. The molecule has 1 fully saturated rings. The van der Waals surface area contributed by atoms with Crippen molar-refractivity contribution in [3.8, 4) is 0 Å². The summed E-state index contributed by atoms with van der Waals surface area (Å²) in [5, 5.41) is 0.436. The standard InChI is InChI=1S/C18H18Cl2N2O3S/c19-13-10-14(20)12-15(11-13)26(24,25)21-17-7-3-2-6-16(17)18(23)22-8-4-1-5-9-22/h2-3,6-7,10-12,21H,1,4-5,8-9H2. The van der Waals surface area contributed by atoms with E-state index in [4.69, 9.17) is 23.2 Å². The van der Waals surface area contributed by atoms with Crippen molar-refractivity contribution < 1.29 is 13.2 Å². The normalized spacial score (nSPS) is 14.9. The minimum atomic E-state index is -3.93. The molecule has 0 aromatic heterocycles. The Balaban J connectivity index is 1.91. The lowest BCUT2D eigenvalue weighted by Gasteiger charge is -2.27. The molecule has 1 amide bonds. The van der Waals surface area contributed by atoms with E-state index in [1.807, 2.05) is 0 Å². The van der Waals surface area contributed by atoms with Crippen LogP contribution in [0.15, 0.2) is 47.4 Å². The fraction of sp³-hybridized carbons (Fsp3) is 0.278. The van der Waals surface area contributed by atoms with Gasteiger partial charge in [0, 0.05) is 23.1 Å². The van der Waals surface area contributed by atoms with E-state index in [0.717, 1.165) is 19.3 Å². The molecule has 1 saturated heterocycles. The highest BCUT2D eigenvalue weighted by atomic mass is 35.5. The maximum Gasteiger partial charge on any atom is 0.262 e. The first kappa shape index (κ1) is 19.0. The predicted molar refractivity (Wildman–Crippen MR) is 103 cm³/mol. The van der Waals surface area contributed by atoms with E-state index in [9.17, 15) is 13.2 Å². The van der Waals surface area contributed by atoms with Crippen molar-refractivity contribution in [1.82, 2.24) is 4.90 Å². The molecule has 8 heteroatoms. The number of likely N-dealkylation sites (tertiary alicyclic amines) is 1. The van der Waals surface area contributed by atoms with Crippen LogP contribution in [0.25, 0.3) is 0 Å². The van der Waals surface area contributed by atoms with Gasteiger partial charge in [-0.05, 0) is 49.6 Å². The van der Waals surface area contributed by atoms with E-state index in [1.54, 1.807) is 29.2 Å². The van der Waals surface area contributed by atoms with Gasteiger partial charge >= 0.3 is 0 Å². The summed E-state index contributed by atoms with van der Waals surface area (Å²) in [4.78, 5) is 14.5. The van der Waals surface area contributed by atoms with E-state index in [1.165, 1.54) is 18.2 Å². The van der Waals surface area contributed by atoms with Crippen molar-refractivity contribution in [3.05, 3.63) is 58.1 Å². The molecule has 138 valence electrons. The second-order valence-corrected chi connectivity index (χ2v) is 8.66. The first-order chi connectivity index (χ1) is 12.4. The molecule has 2 aromatic carbocycles. The molecular formula is C18H18Cl2N2O3S. The SMILES string of the molecule is O=C(c1ccccc1NS(=O)(=O)c1cc(Cl)cc(Cl)c1)N1CCCCC1. The number of benzene rings is 2. The zero-order valence-electron chi connectivity index (χ0n) is 13.9. The highest BCUT2D eigenvalue weighted by Crippen LogP contribution is 2.26. The number of carbonyl (C=O) groups is 1. The van der Waals surface area contributed by atoms with Crippen molar-refractivity contribution in [2.75, 3.05) is 17.8 Å². The molecule has 0 aliphatic carbocycles. The van der Waals surface area contributed by atoms with Crippen molar-refractivity contribution in [2.24, 2.45) is 0 Å². The molecule has 26 heavy (non-hydrogen) atoms. The summed E-state index contributed by atoms with van der Waals surface area (Å²) in [5.74, 6) is -0.174. The monoisotopic (exact) mass is 412 g/mol. The molecule has 1 N–H and O–H groups in total. The van der Waals surface area contributed by atoms with Crippen LogP contribution in [0.2, 0.25) is 10.0 Å². The summed E-state index contributed by atoms with van der Waals surface area (Å²) in [7, 11) is -3.93. The minimum absolute atomic E-state index is 0.0600. The number of anilines is 1. The zero-order chi connectivity index (χ0) is 18.7. The Morgan fingerprint density at radius 1 is 0.962 bits per heavy atom. The number of hydrogen-bond acceptors (Lipinski definition) is 3. The van der Waals surface area contributed by atoms with E-state index in [2.05, 4.69) is 4.72 Å². The molecule has 0 saturated carbocycles. The third-order valence-electron chi connectivity index (χ3n) is 4.19. The van der Waals surface area contributed by atoms with E-state index in [0.29, 0.717) is 18.7 Å². The van der Waals surface area contributed by atoms with Gasteiger partial charge in [-0.2, -0.15) is 0 Å².